The van der Waals surface area contributed by atoms with Gasteiger partial charge in [-0.1, -0.05) is 132 Å². The molecule has 40 heavy (non-hydrogen) atoms. The van der Waals surface area contributed by atoms with Crippen molar-refractivity contribution in [3.63, 3.8) is 0 Å². The minimum Gasteiger partial charge on any atom is -0.0646 e. The van der Waals surface area contributed by atoms with Gasteiger partial charge in [0.2, 0.25) is 0 Å². The van der Waals surface area contributed by atoms with Crippen LogP contribution in [-0.4, -0.2) is 0 Å². The molecule has 0 saturated carbocycles. The molecule has 0 fully saturated rings. The molecule has 0 N–H and O–H groups in total. The molecule has 3 aromatic rings. The minimum absolute atomic E-state index is 0.231. The van der Waals surface area contributed by atoms with Crippen LogP contribution in [0.25, 0.3) is 10.8 Å². The predicted octanol–water partition coefficient (Wildman–Crippen LogP) is 12.2. The van der Waals surface area contributed by atoms with E-state index < -0.39 is 0 Å². The van der Waals surface area contributed by atoms with Crippen molar-refractivity contribution in [2.45, 2.75) is 156 Å². The van der Waals surface area contributed by atoms with Gasteiger partial charge in [-0.2, -0.15) is 0 Å². The summed E-state index contributed by atoms with van der Waals surface area (Å²) in [6.07, 6.45) is 10.1. The lowest BCUT2D eigenvalue weighted by Gasteiger charge is -2.35. The van der Waals surface area contributed by atoms with Crippen LogP contribution in [0.15, 0.2) is 48.5 Å². The van der Waals surface area contributed by atoms with E-state index >= 15 is 0 Å². The Morgan fingerprint density at radius 1 is 0.425 bits per heavy atom. The normalized spacial score (nSPS) is 14.5. The highest BCUT2D eigenvalue weighted by atomic mass is 14.3. The number of fused-ring (bicyclic) bond motifs is 2. The standard InChI is InChI=1S/C20H32.C20H28/c2*1-7-19(3,4)17-13-14-18(20(5,6)8-2)16-12-10-9-11-15(16)17/h13-14H,7-12H2,1-6H3;9-14H,7-8H2,1-6H3. The van der Waals surface area contributed by atoms with E-state index in [9.17, 15) is 0 Å². The van der Waals surface area contributed by atoms with Gasteiger partial charge in [0.25, 0.3) is 0 Å². The van der Waals surface area contributed by atoms with E-state index in [4.69, 9.17) is 0 Å². The topological polar surface area (TPSA) is 0 Å². The second-order valence-electron chi connectivity index (χ2n) is 15.0. The van der Waals surface area contributed by atoms with E-state index in [-0.39, 0.29) is 10.8 Å². The molecule has 1 aliphatic carbocycles. The smallest absolute Gasteiger partial charge is 0.0100 e. The molecule has 0 amide bonds. The molecule has 0 heteroatoms. The third kappa shape index (κ3) is 6.53. The molecule has 3 aromatic carbocycles. The summed E-state index contributed by atoms with van der Waals surface area (Å²) in [6.45, 7) is 28.2. The predicted molar refractivity (Wildman–Crippen MR) is 180 cm³/mol. The highest BCUT2D eigenvalue weighted by Gasteiger charge is 2.30. The lowest BCUT2D eigenvalue weighted by Crippen LogP contribution is -2.25. The Balaban J connectivity index is 0.000000220. The maximum absolute atomic E-state index is 2.44. The van der Waals surface area contributed by atoms with E-state index in [2.05, 4.69) is 132 Å². The summed E-state index contributed by atoms with van der Waals surface area (Å²) < 4.78 is 0. The molecule has 0 aromatic heterocycles. The van der Waals surface area contributed by atoms with Gasteiger partial charge in [0.05, 0.1) is 0 Å². The van der Waals surface area contributed by atoms with Gasteiger partial charge in [-0.15, -0.1) is 0 Å². The first kappa shape index (κ1) is 32.4. The van der Waals surface area contributed by atoms with Crippen LogP contribution < -0.4 is 0 Å². The fourth-order valence-electron chi connectivity index (χ4n) is 6.38. The summed E-state index contributed by atoms with van der Waals surface area (Å²) in [5.74, 6) is 0. The fraction of sp³-hybridized carbons (Fsp3) is 0.600. The molecule has 0 bridgehead atoms. The average Bonchev–Trinajstić information content (AvgIpc) is 2.96. The molecule has 0 spiro atoms. The van der Waals surface area contributed by atoms with Crippen LogP contribution in [0.4, 0.5) is 0 Å². The van der Waals surface area contributed by atoms with Gasteiger partial charge in [0.1, 0.15) is 0 Å². The van der Waals surface area contributed by atoms with Crippen molar-refractivity contribution in [1.29, 1.82) is 0 Å². The van der Waals surface area contributed by atoms with Crippen LogP contribution >= 0.6 is 0 Å². The number of hydrogen-bond acceptors (Lipinski definition) is 0. The zero-order valence-electron chi connectivity index (χ0n) is 28.3. The van der Waals surface area contributed by atoms with E-state index in [1.54, 1.807) is 22.3 Å². The van der Waals surface area contributed by atoms with Crippen LogP contribution in [0.3, 0.4) is 0 Å². The van der Waals surface area contributed by atoms with E-state index in [0.29, 0.717) is 10.8 Å². The van der Waals surface area contributed by atoms with Crippen molar-refractivity contribution in [3.8, 4) is 0 Å². The van der Waals surface area contributed by atoms with Crippen molar-refractivity contribution in [1.82, 2.24) is 0 Å². The summed E-state index contributed by atoms with van der Waals surface area (Å²) in [5, 5.41) is 2.86. The number of rotatable bonds is 8. The zero-order valence-corrected chi connectivity index (χ0v) is 28.3. The Kier molecular flexibility index (Phi) is 10.1. The first-order chi connectivity index (χ1) is 18.7. The zero-order chi connectivity index (χ0) is 29.9. The molecule has 0 nitrogen and oxygen atoms in total. The van der Waals surface area contributed by atoms with Crippen molar-refractivity contribution >= 4 is 10.8 Å². The fourth-order valence-corrected chi connectivity index (χ4v) is 6.38. The van der Waals surface area contributed by atoms with Crippen LogP contribution in [0.2, 0.25) is 0 Å². The molecule has 220 valence electrons. The average molecular weight is 541 g/mol. The summed E-state index contributed by atoms with van der Waals surface area (Å²) >= 11 is 0. The molecule has 0 saturated heterocycles. The van der Waals surface area contributed by atoms with Crippen molar-refractivity contribution in [2.24, 2.45) is 0 Å². The first-order valence-electron chi connectivity index (χ1n) is 16.3. The van der Waals surface area contributed by atoms with Gasteiger partial charge in [0, 0.05) is 0 Å². The lowest BCUT2D eigenvalue weighted by molar-refractivity contribution is 0.478. The van der Waals surface area contributed by atoms with Crippen molar-refractivity contribution < 1.29 is 0 Å². The SMILES string of the molecule is CCC(C)(C)c1ccc(C(C)(C)CC)c2c1CCCC2.CCC(C)(C)c1ccc(C(C)(C)CC)c2ccccc12. The minimum atomic E-state index is 0.231. The van der Waals surface area contributed by atoms with Gasteiger partial charge in [-0.05, 0) is 117 Å². The lowest BCUT2D eigenvalue weighted by atomic mass is 9.70. The Morgan fingerprint density at radius 3 is 1.00 bits per heavy atom. The summed E-state index contributed by atoms with van der Waals surface area (Å²) in [7, 11) is 0. The van der Waals surface area contributed by atoms with Crippen LogP contribution in [0, 0.1) is 0 Å². The van der Waals surface area contributed by atoms with Crippen molar-refractivity contribution in [3.05, 3.63) is 81.9 Å². The Labute approximate surface area is 248 Å². The van der Waals surface area contributed by atoms with E-state index in [0.717, 1.165) is 12.8 Å². The second kappa shape index (κ2) is 12.4. The molecule has 0 heterocycles. The monoisotopic (exact) mass is 540 g/mol. The number of hydrogen-bond donors (Lipinski definition) is 0. The molecule has 0 unspecified atom stereocenters. The van der Waals surface area contributed by atoms with Gasteiger partial charge in [-0.25, -0.2) is 0 Å². The summed E-state index contributed by atoms with van der Waals surface area (Å²) in [4.78, 5) is 0. The maximum atomic E-state index is 2.44. The Morgan fingerprint density at radius 2 is 0.700 bits per heavy atom. The summed E-state index contributed by atoms with van der Waals surface area (Å²) in [6, 6.07) is 18.5. The van der Waals surface area contributed by atoms with Gasteiger partial charge >= 0.3 is 0 Å². The molecule has 0 aliphatic heterocycles. The van der Waals surface area contributed by atoms with E-state index in [1.165, 1.54) is 60.4 Å². The van der Waals surface area contributed by atoms with Crippen molar-refractivity contribution in [2.75, 3.05) is 0 Å². The molecule has 4 rings (SSSR count). The van der Waals surface area contributed by atoms with E-state index in [1.807, 2.05) is 0 Å². The second-order valence-corrected chi connectivity index (χ2v) is 15.0. The molecule has 0 radical (unpaired) electrons. The number of benzene rings is 3. The summed E-state index contributed by atoms with van der Waals surface area (Å²) in [5.41, 5.74) is 10.7. The van der Waals surface area contributed by atoms with Gasteiger partial charge in [-0.3, -0.25) is 0 Å². The van der Waals surface area contributed by atoms with Crippen LogP contribution in [-0.2, 0) is 34.5 Å². The first-order valence-corrected chi connectivity index (χ1v) is 16.3. The molecular formula is C40H60. The van der Waals surface area contributed by atoms with Gasteiger partial charge < -0.3 is 0 Å². The Bertz CT molecular complexity index is 1180. The van der Waals surface area contributed by atoms with Crippen LogP contribution in [0.5, 0.6) is 0 Å². The third-order valence-electron chi connectivity index (χ3n) is 10.9. The highest BCUT2D eigenvalue weighted by Crippen LogP contribution is 2.41. The molecule has 1 aliphatic rings. The third-order valence-corrected chi connectivity index (χ3v) is 10.9. The van der Waals surface area contributed by atoms with Gasteiger partial charge in [0.15, 0.2) is 0 Å². The van der Waals surface area contributed by atoms with Crippen LogP contribution in [0.1, 0.15) is 155 Å². The quantitative estimate of drug-likeness (QED) is 0.266. The maximum Gasteiger partial charge on any atom is -0.0100 e. The molecular weight excluding hydrogens is 480 g/mol. The highest BCUT2D eigenvalue weighted by molar-refractivity contribution is 5.90. The Hall–Kier alpha value is -2.08. The largest absolute Gasteiger partial charge is 0.0646 e. The molecule has 0 atom stereocenters.